The van der Waals surface area contributed by atoms with E-state index >= 15 is 0 Å². The zero-order valence-corrected chi connectivity index (χ0v) is 11.7. The minimum absolute atomic E-state index is 0.324. The van der Waals surface area contributed by atoms with E-state index in [1.807, 2.05) is 0 Å². The Labute approximate surface area is 115 Å². The molecule has 3 fully saturated rings. The van der Waals surface area contributed by atoms with E-state index < -0.39 is 0 Å². The number of fused-ring (bicyclic) bond motifs is 2. The Morgan fingerprint density at radius 1 is 1.05 bits per heavy atom. The summed E-state index contributed by atoms with van der Waals surface area (Å²) in [6, 6.07) is 0. The van der Waals surface area contributed by atoms with Crippen LogP contribution in [0.5, 0.6) is 0 Å². The van der Waals surface area contributed by atoms with E-state index in [0.29, 0.717) is 12.2 Å². The summed E-state index contributed by atoms with van der Waals surface area (Å²) < 4.78 is 11.7. The van der Waals surface area contributed by atoms with E-state index in [0.717, 1.165) is 44.1 Å². The molecule has 2 heterocycles. The molecule has 0 amide bonds. The maximum Gasteiger partial charge on any atom is 0.0963 e. The van der Waals surface area contributed by atoms with Gasteiger partial charge >= 0.3 is 0 Å². The van der Waals surface area contributed by atoms with E-state index in [4.69, 9.17) is 9.47 Å². The Bertz CT molecular complexity index is 351. The zero-order chi connectivity index (χ0) is 12.7. The highest BCUT2D eigenvalue weighted by atomic mass is 16.5. The lowest BCUT2D eigenvalue weighted by Crippen LogP contribution is -2.49. The number of rotatable bonds is 3. The number of morpholine rings is 1. The summed E-state index contributed by atoms with van der Waals surface area (Å²) in [5.41, 5.74) is 0. The fraction of sp³-hybridized carbons (Fsp3) is 0.875. The Balaban J connectivity index is 1.32. The first kappa shape index (κ1) is 12.4. The highest BCUT2D eigenvalue weighted by molar-refractivity contribution is 5.10. The fourth-order valence-electron chi connectivity index (χ4n) is 4.45. The quantitative estimate of drug-likeness (QED) is 0.728. The van der Waals surface area contributed by atoms with Gasteiger partial charge in [0.1, 0.15) is 0 Å². The second kappa shape index (κ2) is 5.19. The van der Waals surface area contributed by atoms with Crippen molar-refractivity contribution in [2.75, 3.05) is 32.8 Å². The average Bonchev–Trinajstić information content (AvgIpc) is 3.17. The van der Waals surface area contributed by atoms with Gasteiger partial charge in [0.25, 0.3) is 0 Å². The van der Waals surface area contributed by atoms with Crippen molar-refractivity contribution in [1.29, 1.82) is 0 Å². The minimum atomic E-state index is 0.324. The van der Waals surface area contributed by atoms with Crippen molar-refractivity contribution in [1.82, 2.24) is 4.90 Å². The van der Waals surface area contributed by atoms with Crippen LogP contribution in [0.2, 0.25) is 0 Å². The van der Waals surface area contributed by atoms with Crippen LogP contribution >= 0.6 is 0 Å². The largest absolute Gasteiger partial charge is 0.375 e. The molecule has 0 spiro atoms. The van der Waals surface area contributed by atoms with E-state index in [9.17, 15) is 0 Å². The molecular weight excluding hydrogens is 238 g/mol. The Hall–Kier alpha value is -0.380. The monoisotopic (exact) mass is 263 g/mol. The van der Waals surface area contributed by atoms with Crippen LogP contribution in [0, 0.1) is 17.8 Å². The summed E-state index contributed by atoms with van der Waals surface area (Å²) in [5, 5.41) is 0. The third kappa shape index (κ3) is 2.48. The van der Waals surface area contributed by atoms with E-state index in [1.165, 1.54) is 32.2 Å². The Morgan fingerprint density at radius 3 is 2.74 bits per heavy atom. The van der Waals surface area contributed by atoms with Gasteiger partial charge in [0, 0.05) is 26.2 Å². The summed E-state index contributed by atoms with van der Waals surface area (Å²) in [4.78, 5) is 2.63. The van der Waals surface area contributed by atoms with Crippen LogP contribution < -0.4 is 0 Å². The topological polar surface area (TPSA) is 21.7 Å². The molecule has 0 aromatic carbocycles. The fourth-order valence-corrected chi connectivity index (χ4v) is 4.45. The van der Waals surface area contributed by atoms with Gasteiger partial charge in [0.2, 0.25) is 0 Å². The molecule has 4 rings (SSSR count). The molecule has 0 aromatic heterocycles. The molecule has 0 aromatic rings. The van der Waals surface area contributed by atoms with Crippen LogP contribution in [-0.4, -0.2) is 50.0 Å². The molecule has 19 heavy (non-hydrogen) atoms. The van der Waals surface area contributed by atoms with Crippen LogP contribution in [-0.2, 0) is 9.47 Å². The lowest BCUT2D eigenvalue weighted by Gasteiger charge is -2.37. The second-order valence-corrected chi connectivity index (χ2v) is 6.76. The molecule has 0 N–H and O–H groups in total. The van der Waals surface area contributed by atoms with Crippen molar-refractivity contribution in [3.63, 3.8) is 0 Å². The lowest BCUT2D eigenvalue weighted by atomic mass is 9.92. The van der Waals surface area contributed by atoms with E-state index in [2.05, 4.69) is 17.1 Å². The number of nitrogens with zero attached hydrogens (tertiary/aromatic N) is 1. The molecule has 2 aliphatic carbocycles. The van der Waals surface area contributed by atoms with Crippen molar-refractivity contribution in [3.8, 4) is 0 Å². The molecule has 3 nitrogen and oxygen atoms in total. The highest BCUT2D eigenvalue weighted by Gasteiger charge is 2.38. The van der Waals surface area contributed by atoms with Crippen molar-refractivity contribution in [2.45, 2.75) is 37.9 Å². The Kier molecular flexibility index (Phi) is 3.38. The number of hydrogen-bond donors (Lipinski definition) is 0. The molecule has 5 atom stereocenters. The molecule has 2 aliphatic heterocycles. The molecule has 3 heteroatoms. The van der Waals surface area contributed by atoms with Gasteiger partial charge in [-0.25, -0.2) is 0 Å². The standard InChI is InChI=1S/C16H25NO2/c1-2-15(18-6-1)16-11-17(5-7-19-16)10-14-9-12-3-4-13(14)8-12/h3-4,12-16H,1-2,5-11H2/t12-,13-,14+,15+,16-/m0/s1. The van der Waals surface area contributed by atoms with Gasteiger partial charge in [-0.15, -0.1) is 0 Å². The lowest BCUT2D eigenvalue weighted by molar-refractivity contribution is -0.0969. The Morgan fingerprint density at radius 2 is 2.00 bits per heavy atom. The normalized spacial score (nSPS) is 46.2. The van der Waals surface area contributed by atoms with Crippen LogP contribution in [0.3, 0.4) is 0 Å². The molecule has 0 unspecified atom stereocenters. The van der Waals surface area contributed by atoms with Gasteiger partial charge in [-0.3, -0.25) is 4.90 Å². The summed E-state index contributed by atoms with van der Waals surface area (Å²) in [6.07, 6.45) is 10.8. The van der Waals surface area contributed by atoms with Gasteiger partial charge in [0.05, 0.1) is 18.8 Å². The van der Waals surface area contributed by atoms with Crippen molar-refractivity contribution in [3.05, 3.63) is 12.2 Å². The zero-order valence-electron chi connectivity index (χ0n) is 11.7. The van der Waals surface area contributed by atoms with Crippen LogP contribution in [0.25, 0.3) is 0 Å². The van der Waals surface area contributed by atoms with E-state index in [1.54, 1.807) is 0 Å². The molecule has 2 saturated heterocycles. The van der Waals surface area contributed by atoms with Crippen LogP contribution in [0.1, 0.15) is 25.7 Å². The summed E-state index contributed by atoms with van der Waals surface area (Å²) in [5.74, 6) is 2.66. The molecule has 106 valence electrons. The summed E-state index contributed by atoms with van der Waals surface area (Å²) >= 11 is 0. The third-order valence-electron chi connectivity index (χ3n) is 5.47. The van der Waals surface area contributed by atoms with Gasteiger partial charge in [-0.1, -0.05) is 12.2 Å². The second-order valence-electron chi connectivity index (χ2n) is 6.76. The number of hydrogen-bond acceptors (Lipinski definition) is 3. The van der Waals surface area contributed by atoms with Crippen molar-refractivity contribution < 1.29 is 9.47 Å². The molecule has 4 aliphatic rings. The highest BCUT2D eigenvalue weighted by Crippen LogP contribution is 2.43. The molecule has 0 radical (unpaired) electrons. The van der Waals surface area contributed by atoms with Crippen molar-refractivity contribution in [2.24, 2.45) is 17.8 Å². The van der Waals surface area contributed by atoms with Gasteiger partial charge in [0.15, 0.2) is 0 Å². The molecular formula is C16H25NO2. The van der Waals surface area contributed by atoms with E-state index in [-0.39, 0.29) is 0 Å². The smallest absolute Gasteiger partial charge is 0.0963 e. The number of ether oxygens (including phenoxy) is 2. The predicted octanol–water partition coefficient (Wildman–Crippen LogP) is 2.08. The summed E-state index contributed by atoms with van der Waals surface area (Å²) in [7, 11) is 0. The minimum Gasteiger partial charge on any atom is -0.375 e. The first-order valence-corrected chi connectivity index (χ1v) is 8.02. The first-order valence-electron chi connectivity index (χ1n) is 8.02. The van der Waals surface area contributed by atoms with Crippen LogP contribution in [0.4, 0.5) is 0 Å². The molecule has 2 bridgehead atoms. The van der Waals surface area contributed by atoms with Crippen molar-refractivity contribution >= 4 is 0 Å². The number of allylic oxidation sites excluding steroid dienone is 2. The average molecular weight is 263 g/mol. The summed E-state index contributed by atoms with van der Waals surface area (Å²) in [6.45, 7) is 5.30. The van der Waals surface area contributed by atoms with Gasteiger partial charge < -0.3 is 9.47 Å². The van der Waals surface area contributed by atoms with Crippen LogP contribution in [0.15, 0.2) is 12.2 Å². The predicted molar refractivity (Wildman–Crippen MR) is 74.0 cm³/mol. The SMILES string of the molecule is C1=C[C@H]2C[C@H]1C[C@@H]2CN1CCO[C@H]([C@H]2CCCO2)C1. The maximum atomic E-state index is 5.94. The van der Waals surface area contributed by atoms with Gasteiger partial charge in [-0.2, -0.15) is 0 Å². The first-order chi connectivity index (χ1) is 9.38. The molecule has 1 saturated carbocycles. The van der Waals surface area contributed by atoms with Gasteiger partial charge in [-0.05, 0) is 43.4 Å². The third-order valence-corrected chi connectivity index (χ3v) is 5.47. The maximum absolute atomic E-state index is 5.94.